The molecule has 2 N–H and O–H groups in total. The van der Waals surface area contributed by atoms with Gasteiger partial charge in [0.1, 0.15) is 0 Å². The van der Waals surface area contributed by atoms with Gasteiger partial charge in [-0.05, 0) is 37.1 Å². The fraction of sp³-hybridized carbons (Fsp3) is 0.529. The molecule has 1 aromatic rings. The number of ether oxygens (including phenoxy) is 2. The first-order valence-electron chi connectivity index (χ1n) is 8.02. The lowest BCUT2D eigenvalue weighted by Gasteiger charge is -2.15. The predicted molar refractivity (Wildman–Crippen MR) is 90.1 cm³/mol. The minimum absolute atomic E-state index is 0.0170. The average molecular weight is 335 g/mol. The van der Waals surface area contributed by atoms with Gasteiger partial charge in [0.05, 0.1) is 13.2 Å². The van der Waals surface area contributed by atoms with Crippen molar-refractivity contribution in [1.82, 2.24) is 15.5 Å². The Morgan fingerprint density at radius 1 is 1.33 bits per heavy atom. The summed E-state index contributed by atoms with van der Waals surface area (Å²) >= 11 is 0. The van der Waals surface area contributed by atoms with Gasteiger partial charge < -0.3 is 25.0 Å². The molecule has 1 aliphatic rings. The van der Waals surface area contributed by atoms with Gasteiger partial charge in [0.25, 0.3) is 5.91 Å². The van der Waals surface area contributed by atoms with Crippen LogP contribution in [0.5, 0.6) is 11.5 Å². The second-order valence-electron chi connectivity index (χ2n) is 5.93. The molecule has 1 unspecified atom stereocenters. The number of likely N-dealkylation sites (N-methyl/N-ethyl adjacent to an activating group) is 1. The number of hydrogen-bond donors (Lipinski definition) is 2. The van der Waals surface area contributed by atoms with Crippen molar-refractivity contribution in [3.8, 4) is 11.5 Å². The van der Waals surface area contributed by atoms with E-state index in [4.69, 9.17) is 9.47 Å². The Kier molecular flexibility index (Phi) is 6.43. The van der Waals surface area contributed by atoms with Crippen molar-refractivity contribution in [3.05, 3.63) is 23.8 Å². The zero-order valence-electron chi connectivity index (χ0n) is 14.4. The number of nitrogens with one attached hydrogen (secondary N) is 2. The molecule has 24 heavy (non-hydrogen) atoms. The van der Waals surface area contributed by atoms with Crippen molar-refractivity contribution in [2.24, 2.45) is 0 Å². The molecule has 2 rings (SSSR count). The lowest BCUT2D eigenvalue weighted by atomic mass is 10.1. The summed E-state index contributed by atoms with van der Waals surface area (Å²) < 4.78 is 10.8. The van der Waals surface area contributed by atoms with Crippen LogP contribution in [0.4, 0.5) is 0 Å². The number of nitrogens with zero attached hydrogens (tertiary/aromatic N) is 1. The molecule has 1 heterocycles. The predicted octanol–water partition coefficient (Wildman–Crippen LogP) is 0.530. The molecule has 7 heteroatoms. The number of rotatable bonds is 7. The molecule has 0 radical (unpaired) electrons. The van der Waals surface area contributed by atoms with Crippen LogP contribution in [0.1, 0.15) is 18.4 Å². The van der Waals surface area contributed by atoms with Gasteiger partial charge in [0.15, 0.2) is 18.1 Å². The highest BCUT2D eigenvalue weighted by Gasteiger charge is 2.21. The van der Waals surface area contributed by atoms with Crippen LogP contribution in [0.25, 0.3) is 0 Å². The van der Waals surface area contributed by atoms with Crippen LogP contribution in [0.3, 0.4) is 0 Å². The van der Waals surface area contributed by atoms with Gasteiger partial charge in [-0.25, -0.2) is 0 Å². The second kappa shape index (κ2) is 8.54. The third-order valence-electron chi connectivity index (χ3n) is 3.92. The molecule has 1 atom stereocenters. The fourth-order valence-corrected chi connectivity index (χ4v) is 2.43. The minimum Gasteiger partial charge on any atom is -0.493 e. The molecule has 0 saturated carbocycles. The van der Waals surface area contributed by atoms with E-state index in [1.54, 1.807) is 33.3 Å². The molecule has 132 valence electrons. The van der Waals surface area contributed by atoms with Gasteiger partial charge in [0.2, 0.25) is 5.91 Å². The fourth-order valence-electron chi connectivity index (χ4n) is 2.43. The number of carbonyl (C=O) groups is 2. The number of hydrogen-bond acceptors (Lipinski definition) is 5. The first-order chi connectivity index (χ1) is 11.5. The molecule has 1 aromatic carbocycles. The van der Waals surface area contributed by atoms with Crippen molar-refractivity contribution in [2.45, 2.75) is 25.4 Å². The Bertz CT molecular complexity index is 583. The van der Waals surface area contributed by atoms with E-state index in [2.05, 4.69) is 10.6 Å². The van der Waals surface area contributed by atoms with Gasteiger partial charge in [-0.15, -0.1) is 0 Å². The molecule has 1 fully saturated rings. The van der Waals surface area contributed by atoms with Crippen LogP contribution in [0.15, 0.2) is 18.2 Å². The largest absolute Gasteiger partial charge is 0.493 e. The van der Waals surface area contributed by atoms with Gasteiger partial charge in [-0.1, -0.05) is 6.07 Å². The number of benzene rings is 1. The number of methoxy groups -OCH3 is 1. The highest BCUT2D eigenvalue weighted by Crippen LogP contribution is 2.28. The van der Waals surface area contributed by atoms with Crippen LogP contribution in [-0.2, 0) is 16.1 Å². The average Bonchev–Trinajstić information content (AvgIpc) is 3.12. The maximum atomic E-state index is 12.0. The van der Waals surface area contributed by atoms with E-state index >= 15 is 0 Å². The lowest BCUT2D eigenvalue weighted by Crippen LogP contribution is -2.39. The van der Waals surface area contributed by atoms with E-state index in [0.29, 0.717) is 18.0 Å². The molecule has 2 amide bonds. The quantitative estimate of drug-likeness (QED) is 0.760. The molecule has 0 aromatic heterocycles. The lowest BCUT2D eigenvalue weighted by molar-refractivity contribution is -0.130. The van der Waals surface area contributed by atoms with E-state index < -0.39 is 0 Å². The third-order valence-corrected chi connectivity index (χ3v) is 3.92. The van der Waals surface area contributed by atoms with Crippen molar-refractivity contribution in [2.75, 3.05) is 34.4 Å². The normalized spacial score (nSPS) is 16.5. The first kappa shape index (κ1) is 18.1. The summed E-state index contributed by atoms with van der Waals surface area (Å²) in [7, 11) is 4.89. The van der Waals surface area contributed by atoms with Crippen LogP contribution in [0.2, 0.25) is 0 Å². The summed E-state index contributed by atoms with van der Waals surface area (Å²) in [6, 6.07) is 5.31. The van der Waals surface area contributed by atoms with Crippen LogP contribution in [0, 0.1) is 0 Å². The highest BCUT2D eigenvalue weighted by molar-refractivity contribution is 5.82. The molecule has 0 aliphatic carbocycles. The van der Waals surface area contributed by atoms with Gasteiger partial charge in [-0.3, -0.25) is 9.59 Å². The maximum absolute atomic E-state index is 12.0. The summed E-state index contributed by atoms with van der Waals surface area (Å²) in [4.78, 5) is 25.1. The summed E-state index contributed by atoms with van der Waals surface area (Å²) in [5.74, 6) is 0.924. The van der Waals surface area contributed by atoms with Crippen LogP contribution < -0.4 is 20.1 Å². The monoisotopic (exact) mass is 335 g/mol. The molecule has 7 nitrogen and oxygen atoms in total. The topological polar surface area (TPSA) is 79.9 Å². The van der Waals surface area contributed by atoms with Crippen molar-refractivity contribution >= 4 is 11.8 Å². The molecular formula is C17H25N3O4. The van der Waals surface area contributed by atoms with Crippen LogP contribution in [-0.4, -0.2) is 57.1 Å². The van der Waals surface area contributed by atoms with Crippen molar-refractivity contribution in [1.29, 1.82) is 0 Å². The zero-order chi connectivity index (χ0) is 17.5. The van der Waals surface area contributed by atoms with Gasteiger partial charge in [-0.2, -0.15) is 0 Å². The van der Waals surface area contributed by atoms with Gasteiger partial charge in [0, 0.05) is 20.6 Å². The molecule has 1 saturated heterocycles. The highest BCUT2D eigenvalue weighted by atomic mass is 16.5. The van der Waals surface area contributed by atoms with Crippen molar-refractivity contribution in [3.63, 3.8) is 0 Å². The van der Waals surface area contributed by atoms with Crippen LogP contribution >= 0.6 is 0 Å². The van der Waals surface area contributed by atoms with Gasteiger partial charge >= 0.3 is 0 Å². The van der Waals surface area contributed by atoms with E-state index in [1.807, 2.05) is 6.07 Å². The molecule has 1 aliphatic heterocycles. The Hall–Kier alpha value is -2.28. The summed E-state index contributed by atoms with van der Waals surface area (Å²) in [5, 5.41) is 6.09. The standard InChI is InChI=1S/C17H25N3O4/c1-20(2)16(21)11-24-14-7-6-12(9-15(14)23-3)10-19-17(22)13-5-4-8-18-13/h6-7,9,13,18H,4-5,8,10-11H2,1-3H3,(H,19,22). The van der Waals surface area contributed by atoms with E-state index in [1.165, 1.54) is 4.90 Å². The SMILES string of the molecule is COc1cc(CNC(=O)C2CCCN2)ccc1OCC(=O)N(C)C. The zero-order valence-corrected chi connectivity index (χ0v) is 14.4. The van der Waals surface area contributed by atoms with E-state index in [0.717, 1.165) is 24.9 Å². The van der Waals surface area contributed by atoms with Crippen molar-refractivity contribution < 1.29 is 19.1 Å². The third kappa shape index (κ3) is 4.86. The number of amides is 2. The Labute approximate surface area is 142 Å². The van der Waals surface area contributed by atoms with E-state index in [-0.39, 0.29) is 24.5 Å². The summed E-state index contributed by atoms with van der Waals surface area (Å²) in [6.45, 7) is 1.26. The Morgan fingerprint density at radius 2 is 2.12 bits per heavy atom. The Balaban J connectivity index is 1.92. The smallest absolute Gasteiger partial charge is 0.259 e. The minimum atomic E-state index is -0.127. The number of carbonyl (C=O) groups excluding carboxylic acids is 2. The maximum Gasteiger partial charge on any atom is 0.259 e. The molecular weight excluding hydrogens is 310 g/mol. The summed E-state index contributed by atoms with van der Waals surface area (Å²) in [5.41, 5.74) is 0.907. The first-order valence-corrected chi connectivity index (χ1v) is 8.02. The molecule has 0 spiro atoms. The Morgan fingerprint density at radius 3 is 2.75 bits per heavy atom. The van der Waals surface area contributed by atoms with E-state index in [9.17, 15) is 9.59 Å². The summed E-state index contributed by atoms with van der Waals surface area (Å²) in [6.07, 6.45) is 1.91. The second-order valence-corrected chi connectivity index (χ2v) is 5.93. The molecule has 0 bridgehead atoms.